The van der Waals surface area contributed by atoms with Gasteiger partial charge in [-0.2, -0.15) is 0 Å². The lowest BCUT2D eigenvalue weighted by atomic mass is 10.00. The number of nitrogens with zero attached hydrogens (tertiary/aromatic N) is 2. The molecule has 0 spiro atoms. The lowest BCUT2D eigenvalue weighted by Crippen LogP contribution is -2.40. The molecule has 0 N–H and O–H groups in total. The molecule has 0 saturated heterocycles. The predicted molar refractivity (Wildman–Crippen MR) is 111 cm³/mol. The van der Waals surface area contributed by atoms with Gasteiger partial charge in [0.1, 0.15) is 18.1 Å². The van der Waals surface area contributed by atoms with Crippen LogP contribution in [0.3, 0.4) is 0 Å². The first-order chi connectivity index (χ1) is 14.1. The van der Waals surface area contributed by atoms with Crippen LogP contribution in [0.15, 0.2) is 48.5 Å². The van der Waals surface area contributed by atoms with Crippen LogP contribution < -0.4 is 9.47 Å². The molecule has 0 bridgehead atoms. The van der Waals surface area contributed by atoms with Gasteiger partial charge in [0.05, 0.1) is 13.7 Å². The molecule has 2 amide bonds. The molecular formula is C23H28N2O4. The molecule has 1 aliphatic rings. The molecule has 2 aromatic carbocycles. The van der Waals surface area contributed by atoms with E-state index in [1.807, 2.05) is 41.3 Å². The van der Waals surface area contributed by atoms with Crippen molar-refractivity contribution in [1.82, 2.24) is 9.80 Å². The number of carbonyl (C=O) groups excluding carboxylic acids is 2. The first-order valence-electron chi connectivity index (χ1n) is 9.93. The number of hydrogen-bond donors (Lipinski definition) is 0. The standard InChI is InChI=1S/C23H28N2O4/c1-18(26)24(15-16-29-22-9-7-21(28-2)8-10-22)14-12-23(27)25-13-11-19-5-3-4-6-20(19)17-25/h3-10H,11-17H2,1-2H3. The molecule has 1 aliphatic heterocycles. The second-order valence-electron chi connectivity index (χ2n) is 7.11. The maximum absolute atomic E-state index is 12.6. The Labute approximate surface area is 172 Å². The summed E-state index contributed by atoms with van der Waals surface area (Å²) in [5, 5.41) is 0. The van der Waals surface area contributed by atoms with E-state index in [1.165, 1.54) is 18.1 Å². The zero-order chi connectivity index (χ0) is 20.6. The van der Waals surface area contributed by atoms with E-state index >= 15 is 0 Å². The highest BCUT2D eigenvalue weighted by molar-refractivity contribution is 5.78. The summed E-state index contributed by atoms with van der Waals surface area (Å²) in [4.78, 5) is 28.1. The minimum Gasteiger partial charge on any atom is -0.497 e. The van der Waals surface area contributed by atoms with E-state index in [2.05, 4.69) is 12.1 Å². The van der Waals surface area contributed by atoms with Gasteiger partial charge in [0, 0.05) is 33.0 Å². The van der Waals surface area contributed by atoms with Gasteiger partial charge < -0.3 is 19.3 Å². The van der Waals surface area contributed by atoms with E-state index in [0.29, 0.717) is 32.7 Å². The Morgan fingerprint density at radius 3 is 2.38 bits per heavy atom. The normalized spacial score (nSPS) is 12.8. The second-order valence-corrected chi connectivity index (χ2v) is 7.11. The molecule has 154 valence electrons. The molecule has 0 unspecified atom stereocenters. The third kappa shape index (κ3) is 5.73. The van der Waals surface area contributed by atoms with Crippen molar-refractivity contribution in [3.05, 3.63) is 59.7 Å². The maximum Gasteiger partial charge on any atom is 0.224 e. The largest absolute Gasteiger partial charge is 0.497 e. The van der Waals surface area contributed by atoms with Crippen LogP contribution in [0.2, 0.25) is 0 Å². The van der Waals surface area contributed by atoms with Gasteiger partial charge in [0.2, 0.25) is 11.8 Å². The van der Waals surface area contributed by atoms with Gasteiger partial charge in [-0.05, 0) is 41.8 Å². The second kappa shape index (κ2) is 9.96. The first kappa shape index (κ1) is 20.7. The summed E-state index contributed by atoms with van der Waals surface area (Å²) < 4.78 is 10.8. The van der Waals surface area contributed by atoms with E-state index in [4.69, 9.17) is 9.47 Å². The van der Waals surface area contributed by atoms with Crippen molar-refractivity contribution in [3.63, 3.8) is 0 Å². The fourth-order valence-electron chi connectivity index (χ4n) is 3.47. The van der Waals surface area contributed by atoms with E-state index in [-0.39, 0.29) is 11.8 Å². The Hall–Kier alpha value is -3.02. The molecule has 0 aromatic heterocycles. The van der Waals surface area contributed by atoms with Gasteiger partial charge in [0.25, 0.3) is 0 Å². The summed E-state index contributed by atoms with van der Waals surface area (Å²) in [6, 6.07) is 15.6. The Balaban J connectivity index is 1.45. The molecule has 29 heavy (non-hydrogen) atoms. The number of carbonyl (C=O) groups is 2. The lowest BCUT2D eigenvalue weighted by molar-refractivity contribution is -0.134. The highest BCUT2D eigenvalue weighted by Crippen LogP contribution is 2.19. The SMILES string of the molecule is COc1ccc(OCCN(CCC(=O)N2CCc3ccccc3C2)C(C)=O)cc1. The van der Waals surface area contributed by atoms with Crippen molar-refractivity contribution in [2.45, 2.75) is 26.3 Å². The summed E-state index contributed by atoms with van der Waals surface area (Å²) in [6.07, 6.45) is 1.21. The number of amides is 2. The Morgan fingerprint density at radius 2 is 1.69 bits per heavy atom. The highest BCUT2D eigenvalue weighted by Gasteiger charge is 2.21. The van der Waals surface area contributed by atoms with E-state index in [0.717, 1.165) is 24.5 Å². The zero-order valence-corrected chi connectivity index (χ0v) is 17.1. The third-order valence-electron chi connectivity index (χ3n) is 5.21. The summed E-state index contributed by atoms with van der Waals surface area (Å²) in [7, 11) is 1.62. The van der Waals surface area contributed by atoms with Crippen LogP contribution in [0, 0.1) is 0 Å². The van der Waals surface area contributed by atoms with E-state index < -0.39 is 0 Å². The smallest absolute Gasteiger partial charge is 0.224 e. The van der Waals surface area contributed by atoms with Crippen LogP contribution in [-0.2, 0) is 22.6 Å². The van der Waals surface area contributed by atoms with Crippen LogP contribution in [0.25, 0.3) is 0 Å². The average Bonchev–Trinajstić information content (AvgIpc) is 2.75. The fourth-order valence-corrected chi connectivity index (χ4v) is 3.47. The van der Waals surface area contributed by atoms with E-state index in [1.54, 1.807) is 12.0 Å². The minimum absolute atomic E-state index is 0.0554. The molecular weight excluding hydrogens is 368 g/mol. The Morgan fingerprint density at radius 1 is 1.00 bits per heavy atom. The molecule has 0 radical (unpaired) electrons. The molecule has 0 saturated carbocycles. The van der Waals surface area contributed by atoms with Crippen molar-refractivity contribution in [2.24, 2.45) is 0 Å². The van der Waals surface area contributed by atoms with Crippen molar-refractivity contribution in [2.75, 3.05) is 33.4 Å². The highest BCUT2D eigenvalue weighted by atomic mass is 16.5. The number of rotatable bonds is 8. The number of ether oxygens (including phenoxy) is 2. The van der Waals surface area contributed by atoms with Gasteiger partial charge in [-0.3, -0.25) is 9.59 Å². The van der Waals surface area contributed by atoms with Gasteiger partial charge in [0.15, 0.2) is 0 Å². The summed E-state index contributed by atoms with van der Waals surface area (Å²) in [5.41, 5.74) is 2.53. The van der Waals surface area contributed by atoms with Gasteiger partial charge in [-0.15, -0.1) is 0 Å². The zero-order valence-electron chi connectivity index (χ0n) is 17.1. The monoisotopic (exact) mass is 396 g/mol. The maximum atomic E-state index is 12.6. The van der Waals surface area contributed by atoms with Crippen LogP contribution >= 0.6 is 0 Å². The van der Waals surface area contributed by atoms with E-state index in [9.17, 15) is 9.59 Å². The predicted octanol–water partition coefficient (Wildman–Crippen LogP) is 2.90. The van der Waals surface area contributed by atoms with Crippen molar-refractivity contribution in [3.8, 4) is 11.5 Å². The quantitative estimate of drug-likeness (QED) is 0.688. The van der Waals surface area contributed by atoms with Crippen molar-refractivity contribution >= 4 is 11.8 Å². The Bertz CT molecular complexity index is 835. The molecule has 0 atom stereocenters. The molecule has 6 nitrogen and oxygen atoms in total. The average molecular weight is 396 g/mol. The molecule has 1 heterocycles. The van der Waals surface area contributed by atoms with Gasteiger partial charge >= 0.3 is 0 Å². The number of fused-ring (bicyclic) bond motifs is 1. The number of methoxy groups -OCH3 is 1. The summed E-state index contributed by atoms with van der Waals surface area (Å²) >= 11 is 0. The first-order valence-corrected chi connectivity index (χ1v) is 9.93. The topological polar surface area (TPSA) is 59.1 Å². The van der Waals surface area contributed by atoms with Gasteiger partial charge in [-0.25, -0.2) is 0 Å². The number of hydrogen-bond acceptors (Lipinski definition) is 4. The molecule has 3 rings (SSSR count). The fraction of sp³-hybridized carbons (Fsp3) is 0.391. The summed E-state index contributed by atoms with van der Waals surface area (Å²) in [5.74, 6) is 1.51. The van der Waals surface area contributed by atoms with Crippen LogP contribution in [0.1, 0.15) is 24.5 Å². The van der Waals surface area contributed by atoms with Crippen molar-refractivity contribution < 1.29 is 19.1 Å². The van der Waals surface area contributed by atoms with Crippen LogP contribution in [-0.4, -0.2) is 55.0 Å². The molecule has 0 aliphatic carbocycles. The lowest BCUT2D eigenvalue weighted by Gasteiger charge is -2.30. The molecule has 0 fully saturated rings. The van der Waals surface area contributed by atoms with Crippen LogP contribution in [0.4, 0.5) is 0 Å². The Kier molecular flexibility index (Phi) is 7.11. The van der Waals surface area contributed by atoms with Crippen LogP contribution in [0.5, 0.6) is 11.5 Å². The van der Waals surface area contributed by atoms with Crippen molar-refractivity contribution in [1.29, 1.82) is 0 Å². The van der Waals surface area contributed by atoms with Gasteiger partial charge in [-0.1, -0.05) is 24.3 Å². The molecule has 6 heteroatoms. The third-order valence-corrected chi connectivity index (χ3v) is 5.21. The summed E-state index contributed by atoms with van der Waals surface area (Å²) in [6.45, 7) is 4.12. The molecule has 2 aromatic rings. The number of benzene rings is 2. The minimum atomic E-state index is -0.0554.